The molecule has 2 aromatic rings. The zero-order valence-corrected chi connectivity index (χ0v) is 16.2. The number of likely N-dealkylation sites (tertiary alicyclic amines) is 1. The number of hydrogen-bond donors (Lipinski definition) is 3. The molecule has 0 aromatic carbocycles. The summed E-state index contributed by atoms with van der Waals surface area (Å²) in [5.74, 6) is 0.557. The molecule has 2 atom stereocenters. The fourth-order valence-electron chi connectivity index (χ4n) is 3.84. The van der Waals surface area contributed by atoms with Crippen LogP contribution in [0.1, 0.15) is 35.4 Å². The second kappa shape index (κ2) is 8.31. The number of carbonyl (C=O) groups excluding carboxylic acids is 2. The van der Waals surface area contributed by atoms with Crippen LogP contribution in [0.4, 0.5) is 5.82 Å². The number of hydrogen-bond acceptors (Lipinski definition) is 4. The minimum Gasteiger partial charge on any atom is -0.467 e. The maximum Gasteiger partial charge on any atom is 0.280 e. The van der Waals surface area contributed by atoms with E-state index in [1.54, 1.807) is 12.3 Å². The second-order valence-electron chi connectivity index (χ2n) is 7.38. The first-order chi connectivity index (χ1) is 13.4. The highest BCUT2D eigenvalue weighted by molar-refractivity contribution is 5.92. The largest absolute Gasteiger partial charge is 0.467 e. The van der Waals surface area contributed by atoms with Gasteiger partial charge in [-0.2, -0.15) is 5.26 Å². The van der Waals surface area contributed by atoms with E-state index in [9.17, 15) is 14.9 Å². The summed E-state index contributed by atoms with van der Waals surface area (Å²) in [5, 5.41) is 12.5. The average molecular weight is 384 g/mol. The van der Waals surface area contributed by atoms with Gasteiger partial charge in [0.25, 0.3) is 5.91 Å². The number of primary amides is 1. The maximum absolute atomic E-state index is 12.7. The first-order valence-electron chi connectivity index (χ1n) is 9.45. The summed E-state index contributed by atoms with van der Waals surface area (Å²) < 4.78 is 7.32. The van der Waals surface area contributed by atoms with E-state index in [-0.39, 0.29) is 24.3 Å². The Hall–Kier alpha value is -3.05. The molecule has 2 amide bonds. The van der Waals surface area contributed by atoms with Crippen LogP contribution in [0.5, 0.6) is 0 Å². The molecule has 0 spiro atoms. The molecule has 0 radical (unpaired) electrons. The molecule has 0 saturated carbocycles. The lowest BCUT2D eigenvalue weighted by molar-refractivity contribution is -0.899. The molecule has 3 rings (SSSR count). The van der Waals surface area contributed by atoms with Crippen LogP contribution in [-0.4, -0.2) is 36.0 Å². The maximum atomic E-state index is 12.7. The summed E-state index contributed by atoms with van der Waals surface area (Å²) >= 11 is 0. The van der Waals surface area contributed by atoms with Crippen molar-refractivity contribution in [1.29, 1.82) is 5.26 Å². The van der Waals surface area contributed by atoms with Gasteiger partial charge in [0.05, 0.1) is 37.4 Å². The second-order valence-corrected chi connectivity index (χ2v) is 7.38. The molecule has 8 nitrogen and oxygen atoms in total. The Bertz CT molecular complexity index is 907. The zero-order chi connectivity index (χ0) is 20.3. The number of nitrogens with one attached hydrogen (secondary N) is 2. The Morgan fingerprint density at radius 1 is 1.46 bits per heavy atom. The smallest absolute Gasteiger partial charge is 0.280 e. The van der Waals surface area contributed by atoms with E-state index in [1.165, 1.54) is 0 Å². The molecule has 1 saturated heterocycles. The average Bonchev–Trinajstić information content (AvgIpc) is 3.25. The van der Waals surface area contributed by atoms with Gasteiger partial charge in [0, 0.05) is 5.69 Å². The highest BCUT2D eigenvalue weighted by Crippen LogP contribution is 2.27. The number of carbonyl (C=O) groups is 2. The minimum atomic E-state index is -0.303. The molecule has 1 aliphatic heterocycles. The highest BCUT2D eigenvalue weighted by Gasteiger charge is 2.29. The van der Waals surface area contributed by atoms with E-state index < -0.39 is 0 Å². The third-order valence-electron chi connectivity index (χ3n) is 5.52. The summed E-state index contributed by atoms with van der Waals surface area (Å²) in [6.07, 6.45) is 3.25. The van der Waals surface area contributed by atoms with Gasteiger partial charge in [-0.05, 0) is 44.4 Å². The van der Waals surface area contributed by atoms with Gasteiger partial charge in [0.15, 0.2) is 6.54 Å². The number of piperidine rings is 1. The van der Waals surface area contributed by atoms with Gasteiger partial charge in [-0.1, -0.05) is 0 Å². The van der Waals surface area contributed by atoms with Crippen molar-refractivity contribution in [2.75, 3.05) is 25.0 Å². The fraction of sp³-hybridized carbons (Fsp3) is 0.450. The van der Waals surface area contributed by atoms with Gasteiger partial charge < -0.3 is 24.9 Å². The molecule has 1 aliphatic rings. The molecule has 1 fully saturated rings. The zero-order valence-electron chi connectivity index (χ0n) is 16.2. The van der Waals surface area contributed by atoms with Crippen molar-refractivity contribution in [3.63, 3.8) is 0 Å². The van der Waals surface area contributed by atoms with Crippen molar-refractivity contribution in [2.24, 2.45) is 11.7 Å². The first kappa shape index (κ1) is 19.7. The van der Waals surface area contributed by atoms with Crippen molar-refractivity contribution in [3.05, 3.63) is 41.0 Å². The van der Waals surface area contributed by atoms with Crippen LogP contribution in [0.2, 0.25) is 0 Å². The minimum absolute atomic E-state index is 0.182. The molecule has 8 heteroatoms. The van der Waals surface area contributed by atoms with Gasteiger partial charge in [0.2, 0.25) is 5.91 Å². The number of rotatable bonds is 6. The predicted molar refractivity (Wildman–Crippen MR) is 103 cm³/mol. The summed E-state index contributed by atoms with van der Waals surface area (Å²) in [4.78, 5) is 25.2. The molecule has 28 heavy (non-hydrogen) atoms. The van der Waals surface area contributed by atoms with E-state index in [4.69, 9.17) is 10.2 Å². The summed E-state index contributed by atoms with van der Waals surface area (Å²) in [5.41, 5.74) is 7.63. The number of nitrogens with two attached hydrogens (primary N) is 1. The Labute approximate surface area is 163 Å². The van der Waals surface area contributed by atoms with Gasteiger partial charge in [-0.25, -0.2) is 0 Å². The Morgan fingerprint density at radius 2 is 2.25 bits per heavy atom. The summed E-state index contributed by atoms with van der Waals surface area (Å²) in [6, 6.07) is 5.86. The molecule has 0 aliphatic carbocycles. The van der Waals surface area contributed by atoms with Gasteiger partial charge >= 0.3 is 0 Å². The lowest BCUT2D eigenvalue weighted by Crippen LogP contribution is -3.14. The topological polar surface area (TPSA) is 118 Å². The van der Waals surface area contributed by atoms with Gasteiger partial charge in [-0.15, -0.1) is 0 Å². The normalized spacial score (nSPS) is 19.2. The van der Waals surface area contributed by atoms with E-state index in [2.05, 4.69) is 11.4 Å². The third kappa shape index (κ3) is 4.10. The molecule has 4 N–H and O–H groups in total. The quantitative estimate of drug-likeness (QED) is 0.665. The molecular weight excluding hydrogens is 358 g/mol. The number of amides is 2. The third-order valence-corrected chi connectivity index (χ3v) is 5.52. The Morgan fingerprint density at radius 3 is 2.89 bits per heavy atom. The lowest BCUT2D eigenvalue weighted by atomic mass is 9.97. The van der Waals surface area contributed by atoms with Crippen LogP contribution in [0, 0.1) is 31.1 Å². The van der Waals surface area contributed by atoms with Crippen LogP contribution in [0.3, 0.4) is 0 Å². The number of quaternary nitrogens is 1. The molecule has 0 bridgehead atoms. The van der Waals surface area contributed by atoms with Gasteiger partial charge in [0.1, 0.15) is 17.6 Å². The first-order valence-corrected chi connectivity index (χ1v) is 9.45. The number of nitrogens with zero attached hydrogens (tertiary/aromatic N) is 2. The lowest BCUT2D eigenvalue weighted by Gasteiger charge is -2.27. The van der Waals surface area contributed by atoms with Crippen molar-refractivity contribution in [2.45, 2.75) is 33.2 Å². The summed E-state index contributed by atoms with van der Waals surface area (Å²) in [6.45, 7) is 5.85. The van der Waals surface area contributed by atoms with Crippen LogP contribution in [0.15, 0.2) is 22.8 Å². The molecule has 3 heterocycles. The van der Waals surface area contributed by atoms with E-state index in [0.717, 1.165) is 41.3 Å². The predicted octanol–water partition coefficient (Wildman–Crippen LogP) is 0.337. The molecule has 2 aromatic heterocycles. The van der Waals surface area contributed by atoms with E-state index in [1.807, 2.05) is 24.5 Å². The van der Waals surface area contributed by atoms with Crippen LogP contribution in [0.25, 0.3) is 0 Å². The van der Waals surface area contributed by atoms with E-state index >= 15 is 0 Å². The van der Waals surface area contributed by atoms with Crippen molar-refractivity contribution in [1.82, 2.24) is 4.57 Å². The van der Waals surface area contributed by atoms with Crippen LogP contribution in [-0.2, 0) is 16.1 Å². The van der Waals surface area contributed by atoms with Crippen LogP contribution < -0.4 is 16.0 Å². The SMILES string of the molecule is Cc1c(C#N)c(NC(=O)C[NH+]2CCC[C@H](C(N)=O)C2)n(Cc2ccco2)c1C. The standard InChI is InChI=1S/C20H25N5O3/c1-13-14(2)25(11-16-6-4-8-28-16)20(17(13)9-21)23-18(26)12-24-7-3-5-15(10-24)19(22)27/h4,6,8,15H,3,5,7,10-12H2,1-2H3,(H2,22,27)(H,23,26)/p+1/t15-/m0/s1. The van der Waals surface area contributed by atoms with Crippen LogP contribution >= 0.6 is 0 Å². The monoisotopic (exact) mass is 384 g/mol. The molecule has 1 unspecified atom stereocenters. The number of nitriles is 1. The van der Waals surface area contributed by atoms with Crippen molar-refractivity contribution in [3.8, 4) is 6.07 Å². The van der Waals surface area contributed by atoms with Gasteiger partial charge in [-0.3, -0.25) is 9.59 Å². The fourth-order valence-corrected chi connectivity index (χ4v) is 3.84. The number of anilines is 1. The van der Waals surface area contributed by atoms with Crippen molar-refractivity contribution < 1.29 is 18.9 Å². The summed E-state index contributed by atoms with van der Waals surface area (Å²) in [7, 11) is 0. The Kier molecular flexibility index (Phi) is 5.85. The number of furan rings is 1. The van der Waals surface area contributed by atoms with E-state index in [0.29, 0.717) is 24.5 Å². The van der Waals surface area contributed by atoms with Crippen molar-refractivity contribution >= 4 is 17.6 Å². The highest BCUT2D eigenvalue weighted by atomic mass is 16.3. The number of aromatic nitrogens is 1. The Balaban J connectivity index is 1.77. The molecule has 148 valence electrons. The molecular formula is C20H26N5O3+.